The Bertz CT molecular complexity index is 559. The van der Waals surface area contributed by atoms with Gasteiger partial charge >= 0.3 is 0 Å². The third-order valence-corrected chi connectivity index (χ3v) is 2.26. The Labute approximate surface area is 111 Å². The molecular weight excluding hydrogens is 245 g/mol. The molecule has 0 saturated carbocycles. The summed E-state index contributed by atoms with van der Waals surface area (Å²) in [5.41, 5.74) is 1.09. The van der Waals surface area contributed by atoms with Crippen LogP contribution >= 0.6 is 0 Å². The lowest BCUT2D eigenvalue weighted by molar-refractivity contribution is 0.334. The normalized spacial score (nSPS) is 9.32. The number of benzene rings is 1. The van der Waals surface area contributed by atoms with Crippen LogP contribution in [-0.4, -0.2) is 29.7 Å². The summed E-state index contributed by atoms with van der Waals surface area (Å²) in [5, 5.41) is 25.9. The Hall–Kier alpha value is -2.39. The van der Waals surface area contributed by atoms with Crippen molar-refractivity contribution in [3.8, 4) is 24.0 Å². The fraction of sp³-hybridized carbons (Fsp3) is 0.286. The summed E-state index contributed by atoms with van der Waals surface area (Å²) in [6, 6.07) is 8.20. The molecule has 1 aromatic rings. The Morgan fingerprint density at radius 3 is 2.42 bits per heavy atom. The molecule has 96 valence electrons. The number of hydrogen-bond acceptors (Lipinski definition) is 4. The Morgan fingerprint density at radius 1 is 1.16 bits per heavy atom. The van der Waals surface area contributed by atoms with E-state index in [9.17, 15) is 4.39 Å². The van der Waals surface area contributed by atoms with Gasteiger partial charge in [0.25, 0.3) is 0 Å². The van der Waals surface area contributed by atoms with E-state index in [0.29, 0.717) is 17.7 Å². The molecule has 19 heavy (non-hydrogen) atoms. The lowest BCUT2D eigenvalue weighted by atomic mass is 10.1. The highest BCUT2D eigenvalue weighted by Crippen LogP contribution is 2.11. The van der Waals surface area contributed by atoms with Crippen LogP contribution < -0.4 is 0 Å². The van der Waals surface area contributed by atoms with Crippen LogP contribution in [0.3, 0.4) is 0 Å². The molecule has 0 radical (unpaired) electrons. The van der Waals surface area contributed by atoms with Gasteiger partial charge in [0.15, 0.2) is 0 Å². The average Bonchev–Trinajstić information content (AvgIpc) is 2.36. The van der Waals surface area contributed by atoms with E-state index >= 15 is 0 Å². The molecule has 5 heteroatoms. The van der Waals surface area contributed by atoms with Gasteiger partial charge in [0.05, 0.1) is 25.2 Å². The molecule has 0 amide bonds. The van der Waals surface area contributed by atoms with Crippen molar-refractivity contribution < 1.29 is 9.50 Å². The maximum absolute atomic E-state index is 13.4. The smallest absolute Gasteiger partial charge is 0.124 e. The van der Waals surface area contributed by atoms with Crippen LogP contribution in [-0.2, 0) is 6.54 Å². The summed E-state index contributed by atoms with van der Waals surface area (Å²) < 4.78 is 13.4. The third kappa shape index (κ3) is 5.19. The van der Waals surface area contributed by atoms with Gasteiger partial charge in [-0.15, -0.1) is 0 Å². The number of nitriles is 2. The monoisotopic (exact) mass is 257 g/mol. The number of halogens is 1. The molecule has 0 aromatic heterocycles. The molecule has 0 unspecified atom stereocenters. The largest absolute Gasteiger partial charge is 0.384 e. The highest BCUT2D eigenvalue weighted by Gasteiger charge is 2.07. The second-order valence-electron chi connectivity index (χ2n) is 3.77. The first-order chi connectivity index (χ1) is 9.19. The number of rotatable bonds is 4. The van der Waals surface area contributed by atoms with E-state index in [1.807, 2.05) is 12.1 Å². The standard InChI is InChI=1S/C14H12FN3O/c15-14-9-12(2-1-7-19)8-13(10-14)11-18(5-3-16)6-4-17/h8-10,19H,5-7,11H2. The van der Waals surface area contributed by atoms with Crippen molar-refractivity contribution >= 4 is 0 Å². The molecule has 1 rings (SSSR count). The molecule has 0 saturated heterocycles. The van der Waals surface area contributed by atoms with Gasteiger partial charge in [-0.3, -0.25) is 4.90 Å². The van der Waals surface area contributed by atoms with Gasteiger partial charge in [-0.25, -0.2) is 4.39 Å². The van der Waals surface area contributed by atoms with Crippen LogP contribution in [0.1, 0.15) is 11.1 Å². The minimum absolute atomic E-state index is 0.0989. The number of nitrogens with zero attached hydrogens (tertiary/aromatic N) is 3. The Kier molecular flexibility index (Phi) is 6.06. The predicted molar refractivity (Wildman–Crippen MR) is 66.9 cm³/mol. The molecule has 0 aliphatic carbocycles. The zero-order valence-corrected chi connectivity index (χ0v) is 10.2. The highest BCUT2D eigenvalue weighted by molar-refractivity contribution is 5.37. The van der Waals surface area contributed by atoms with Crippen LogP contribution in [0.25, 0.3) is 0 Å². The van der Waals surface area contributed by atoms with E-state index in [4.69, 9.17) is 15.6 Å². The van der Waals surface area contributed by atoms with Crippen LogP contribution in [0.4, 0.5) is 4.39 Å². The van der Waals surface area contributed by atoms with Crippen LogP contribution in [0.15, 0.2) is 18.2 Å². The van der Waals surface area contributed by atoms with Gasteiger partial charge in [-0.2, -0.15) is 10.5 Å². The highest BCUT2D eigenvalue weighted by atomic mass is 19.1. The van der Waals surface area contributed by atoms with E-state index < -0.39 is 5.82 Å². The van der Waals surface area contributed by atoms with Crippen molar-refractivity contribution in [3.05, 3.63) is 35.1 Å². The minimum atomic E-state index is -0.436. The summed E-state index contributed by atoms with van der Waals surface area (Å²) in [6.07, 6.45) is 0. The van der Waals surface area contributed by atoms with E-state index in [-0.39, 0.29) is 19.7 Å². The molecule has 0 heterocycles. The van der Waals surface area contributed by atoms with Crippen LogP contribution in [0, 0.1) is 40.3 Å². The van der Waals surface area contributed by atoms with Crippen molar-refractivity contribution in [3.63, 3.8) is 0 Å². The van der Waals surface area contributed by atoms with Crippen LogP contribution in [0.5, 0.6) is 0 Å². The molecule has 0 aliphatic heterocycles. The van der Waals surface area contributed by atoms with Crippen molar-refractivity contribution in [1.82, 2.24) is 4.90 Å². The van der Waals surface area contributed by atoms with E-state index in [1.54, 1.807) is 11.0 Å². The topological polar surface area (TPSA) is 71.0 Å². The van der Waals surface area contributed by atoms with Gasteiger partial charge < -0.3 is 5.11 Å². The van der Waals surface area contributed by atoms with E-state index in [1.165, 1.54) is 12.1 Å². The summed E-state index contributed by atoms with van der Waals surface area (Å²) in [7, 11) is 0. The molecule has 0 bridgehead atoms. The fourth-order valence-corrected chi connectivity index (χ4v) is 1.58. The quantitative estimate of drug-likeness (QED) is 0.645. The van der Waals surface area contributed by atoms with Crippen molar-refractivity contribution in [1.29, 1.82) is 10.5 Å². The second-order valence-corrected chi connectivity index (χ2v) is 3.77. The first kappa shape index (κ1) is 14.7. The number of hydrogen-bond donors (Lipinski definition) is 1. The lowest BCUT2D eigenvalue weighted by Crippen LogP contribution is -2.24. The number of aliphatic hydroxyl groups excluding tert-OH is 1. The zero-order chi connectivity index (χ0) is 14.1. The molecule has 0 aliphatic rings. The van der Waals surface area contributed by atoms with Gasteiger partial charge in [0, 0.05) is 12.1 Å². The minimum Gasteiger partial charge on any atom is -0.384 e. The summed E-state index contributed by atoms with van der Waals surface area (Å²) in [5.74, 6) is 4.63. The van der Waals surface area contributed by atoms with Crippen molar-refractivity contribution in [2.45, 2.75) is 6.54 Å². The molecule has 1 N–H and O–H groups in total. The van der Waals surface area contributed by atoms with Gasteiger partial charge in [-0.1, -0.05) is 11.8 Å². The number of aliphatic hydroxyl groups is 1. The van der Waals surface area contributed by atoms with E-state index in [0.717, 1.165) is 0 Å². The van der Waals surface area contributed by atoms with Crippen molar-refractivity contribution in [2.75, 3.05) is 19.7 Å². The zero-order valence-electron chi connectivity index (χ0n) is 10.2. The summed E-state index contributed by atoms with van der Waals surface area (Å²) in [4.78, 5) is 1.60. The first-order valence-electron chi connectivity index (χ1n) is 5.55. The average molecular weight is 257 g/mol. The second kappa shape index (κ2) is 7.84. The molecule has 0 fully saturated rings. The SMILES string of the molecule is N#CCN(CC#N)Cc1cc(F)cc(C#CCO)c1. The van der Waals surface area contributed by atoms with Crippen molar-refractivity contribution in [2.24, 2.45) is 0 Å². The van der Waals surface area contributed by atoms with Gasteiger partial charge in [0.1, 0.15) is 12.4 Å². The van der Waals surface area contributed by atoms with E-state index in [2.05, 4.69) is 11.8 Å². The Morgan fingerprint density at radius 2 is 1.84 bits per heavy atom. The Balaban J connectivity index is 2.91. The van der Waals surface area contributed by atoms with Gasteiger partial charge in [-0.05, 0) is 23.8 Å². The maximum atomic E-state index is 13.4. The molecular formula is C14H12FN3O. The fourth-order valence-electron chi connectivity index (χ4n) is 1.58. The lowest BCUT2D eigenvalue weighted by Gasteiger charge is -2.15. The predicted octanol–water partition coefficient (Wildman–Crippen LogP) is 1.02. The molecule has 4 nitrogen and oxygen atoms in total. The molecule has 1 aromatic carbocycles. The summed E-state index contributed by atoms with van der Waals surface area (Å²) >= 11 is 0. The van der Waals surface area contributed by atoms with Gasteiger partial charge in [0.2, 0.25) is 0 Å². The molecule has 0 spiro atoms. The third-order valence-electron chi connectivity index (χ3n) is 2.26. The summed E-state index contributed by atoms with van der Waals surface area (Å²) in [6.45, 7) is 0.205. The first-order valence-corrected chi connectivity index (χ1v) is 5.55. The molecule has 0 atom stereocenters. The van der Waals surface area contributed by atoms with Crippen LogP contribution in [0.2, 0.25) is 0 Å². The maximum Gasteiger partial charge on any atom is 0.124 e.